The van der Waals surface area contributed by atoms with Gasteiger partial charge in [0.15, 0.2) is 0 Å². The molecule has 0 aliphatic carbocycles. The Kier molecular flexibility index (Phi) is 6.48. The topological polar surface area (TPSA) is 72.8 Å². The lowest BCUT2D eigenvalue weighted by Gasteiger charge is -2.19. The predicted octanol–water partition coefficient (Wildman–Crippen LogP) is 1.24. The third-order valence-corrected chi connectivity index (χ3v) is 3.26. The summed E-state index contributed by atoms with van der Waals surface area (Å²) in [7, 11) is 0. The number of aryl methyl sites for hydroxylation is 1. The molecule has 0 radical (unpaired) electrons. The molecule has 5 heteroatoms. The summed E-state index contributed by atoms with van der Waals surface area (Å²) in [5.74, 6) is 0.0278. The van der Waals surface area contributed by atoms with Gasteiger partial charge >= 0.3 is 0 Å². The number of hydrogen-bond donors (Lipinski definition) is 3. The van der Waals surface area contributed by atoms with Gasteiger partial charge in [-0.3, -0.25) is 4.79 Å². The SMILES string of the molecule is CCN(CC)C(=O)c1ccc(NCC(O)CO)c(C)c1. The van der Waals surface area contributed by atoms with Crippen molar-refractivity contribution in [3.63, 3.8) is 0 Å². The highest BCUT2D eigenvalue weighted by Gasteiger charge is 2.13. The maximum Gasteiger partial charge on any atom is 0.253 e. The largest absolute Gasteiger partial charge is 0.394 e. The number of aliphatic hydroxyl groups excluding tert-OH is 2. The molecule has 3 N–H and O–H groups in total. The summed E-state index contributed by atoms with van der Waals surface area (Å²) >= 11 is 0. The number of carbonyl (C=O) groups excluding carboxylic acids is 1. The Bertz CT molecular complexity index is 445. The zero-order valence-corrected chi connectivity index (χ0v) is 12.4. The smallest absolute Gasteiger partial charge is 0.253 e. The van der Waals surface area contributed by atoms with Crippen LogP contribution in [0, 0.1) is 6.92 Å². The van der Waals surface area contributed by atoms with Gasteiger partial charge in [-0.2, -0.15) is 0 Å². The second-order valence-electron chi connectivity index (χ2n) is 4.72. The number of amides is 1. The molecule has 1 aromatic rings. The average Bonchev–Trinajstić information content (AvgIpc) is 2.46. The minimum absolute atomic E-state index is 0.0278. The first kappa shape index (κ1) is 16.5. The lowest BCUT2D eigenvalue weighted by molar-refractivity contribution is 0.0773. The lowest BCUT2D eigenvalue weighted by Crippen LogP contribution is -2.30. The summed E-state index contributed by atoms with van der Waals surface area (Å²) in [5, 5.41) is 21.1. The van der Waals surface area contributed by atoms with Gasteiger partial charge in [0.1, 0.15) is 0 Å². The molecule has 0 fully saturated rings. The van der Waals surface area contributed by atoms with Crippen molar-refractivity contribution in [1.29, 1.82) is 0 Å². The van der Waals surface area contributed by atoms with Gasteiger partial charge in [-0.1, -0.05) is 0 Å². The number of carbonyl (C=O) groups is 1. The number of nitrogens with zero attached hydrogens (tertiary/aromatic N) is 1. The first-order valence-corrected chi connectivity index (χ1v) is 6.96. The van der Waals surface area contributed by atoms with E-state index in [1.54, 1.807) is 11.0 Å². The van der Waals surface area contributed by atoms with E-state index in [0.29, 0.717) is 18.7 Å². The minimum atomic E-state index is -0.786. The minimum Gasteiger partial charge on any atom is -0.394 e. The number of aliphatic hydroxyl groups is 2. The fourth-order valence-corrected chi connectivity index (χ4v) is 1.98. The van der Waals surface area contributed by atoms with Crippen LogP contribution >= 0.6 is 0 Å². The molecular weight excluding hydrogens is 256 g/mol. The summed E-state index contributed by atoms with van der Waals surface area (Å²) in [6.07, 6.45) is -0.786. The van der Waals surface area contributed by atoms with Crippen molar-refractivity contribution < 1.29 is 15.0 Å². The average molecular weight is 280 g/mol. The van der Waals surface area contributed by atoms with Crippen molar-refractivity contribution in [2.75, 3.05) is 31.6 Å². The standard InChI is InChI=1S/C15H24N2O3/c1-4-17(5-2)15(20)12-6-7-14(11(3)8-12)16-9-13(19)10-18/h6-8,13,16,18-19H,4-5,9-10H2,1-3H3. The monoisotopic (exact) mass is 280 g/mol. The maximum atomic E-state index is 12.2. The van der Waals surface area contributed by atoms with E-state index in [4.69, 9.17) is 5.11 Å². The zero-order chi connectivity index (χ0) is 15.1. The second kappa shape index (κ2) is 7.87. The van der Waals surface area contributed by atoms with Crippen LogP contribution in [0.2, 0.25) is 0 Å². The Morgan fingerprint density at radius 1 is 1.35 bits per heavy atom. The Balaban J connectivity index is 2.79. The number of rotatable bonds is 7. The summed E-state index contributed by atoms with van der Waals surface area (Å²) in [4.78, 5) is 14.0. The van der Waals surface area contributed by atoms with Gasteiger partial charge in [-0.05, 0) is 44.5 Å². The van der Waals surface area contributed by atoms with Crippen LogP contribution in [0.1, 0.15) is 29.8 Å². The Morgan fingerprint density at radius 3 is 2.50 bits per heavy atom. The molecule has 1 rings (SSSR count). The number of anilines is 1. The fraction of sp³-hybridized carbons (Fsp3) is 0.533. The molecule has 112 valence electrons. The highest BCUT2D eigenvalue weighted by molar-refractivity contribution is 5.94. The Labute approximate surface area is 120 Å². The van der Waals surface area contributed by atoms with Crippen molar-refractivity contribution in [3.05, 3.63) is 29.3 Å². The van der Waals surface area contributed by atoms with E-state index < -0.39 is 6.10 Å². The quantitative estimate of drug-likeness (QED) is 0.702. The summed E-state index contributed by atoms with van der Waals surface area (Å²) in [5.41, 5.74) is 2.46. The van der Waals surface area contributed by atoms with Crippen LogP contribution < -0.4 is 5.32 Å². The highest BCUT2D eigenvalue weighted by atomic mass is 16.3. The molecule has 0 aromatic heterocycles. The van der Waals surface area contributed by atoms with Crippen LogP contribution in [0.4, 0.5) is 5.69 Å². The molecule has 1 amide bonds. The molecule has 1 unspecified atom stereocenters. The van der Waals surface area contributed by atoms with Crippen molar-refractivity contribution in [2.24, 2.45) is 0 Å². The van der Waals surface area contributed by atoms with Crippen LogP contribution in [0.5, 0.6) is 0 Å². The van der Waals surface area contributed by atoms with Gasteiger partial charge < -0.3 is 20.4 Å². The molecule has 0 aliphatic rings. The van der Waals surface area contributed by atoms with Gasteiger partial charge in [0.2, 0.25) is 0 Å². The molecule has 0 bridgehead atoms. The molecule has 0 aliphatic heterocycles. The van der Waals surface area contributed by atoms with E-state index in [2.05, 4.69) is 5.32 Å². The zero-order valence-electron chi connectivity index (χ0n) is 12.4. The van der Waals surface area contributed by atoms with Crippen molar-refractivity contribution >= 4 is 11.6 Å². The fourth-order valence-electron chi connectivity index (χ4n) is 1.98. The van der Waals surface area contributed by atoms with Crippen LogP contribution in [0.15, 0.2) is 18.2 Å². The molecule has 20 heavy (non-hydrogen) atoms. The number of nitrogens with one attached hydrogen (secondary N) is 1. The van der Waals surface area contributed by atoms with Gasteiger partial charge in [0.25, 0.3) is 5.91 Å². The molecule has 1 atom stereocenters. The van der Waals surface area contributed by atoms with E-state index in [1.807, 2.05) is 32.9 Å². The maximum absolute atomic E-state index is 12.2. The van der Waals surface area contributed by atoms with E-state index in [0.717, 1.165) is 11.3 Å². The highest BCUT2D eigenvalue weighted by Crippen LogP contribution is 2.17. The summed E-state index contributed by atoms with van der Waals surface area (Å²) in [6, 6.07) is 5.45. The van der Waals surface area contributed by atoms with E-state index in [1.165, 1.54) is 0 Å². The molecule has 0 saturated heterocycles. The van der Waals surface area contributed by atoms with Crippen molar-refractivity contribution in [2.45, 2.75) is 26.9 Å². The summed E-state index contributed by atoms with van der Waals surface area (Å²) < 4.78 is 0. The van der Waals surface area contributed by atoms with Crippen molar-refractivity contribution in [3.8, 4) is 0 Å². The third kappa shape index (κ3) is 4.21. The lowest BCUT2D eigenvalue weighted by atomic mass is 10.1. The first-order valence-electron chi connectivity index (χ1n) is 6.96. The molecule has 5 nitrogen and oxygen atoms in total. The van der Waals surface area contributed by atoms with E-state index in [9.17, 15) is 9.90 Å². The van der Waals surface area contributed by atoms with Gasteiger partial charge in [0, 0.05) is 30.9 Å². The van der Waals surface area contributed by atoms with Crippen LogP contribution in [0.3, 0.4) is 0 Å². The second-order valence-corrected chi connectivity index (χ2v) is 4.72. The van der Waals surface area contributed by atoms with Crippen molar-refractivity contribution in [1.82, 2.24) is 4.90 Å². The molecule has 0 spiro atoms. The van der Waals surface area contributed by atoms with Gasteiger partial charge in [0.05, 0.1) is 12.7 Å². The predicted molar refractivity (Wildman–Crippen MR) is 80.0 cm³/mol. The van der Waals surface area contributed by atoms with E-state index in [-0.39, 0.29) is 19.1 Å². The third-order valence-electron chi connectivity index (χ3n) is 3.26. The van der Waals surface area contributed by atoms with Gasteiger partial charge in [-0.15, -0.1) is 0 Å². The Hall–Kier alpha value is -1.59. The van der Waals surface area contributed by atoms with Gasteiger partial charge in [-0.25, -0.2) is 0 Å². The van der Waals surface area contributed by atoms with Crippen LogP contribution in [-0.2, 0) is 0 Å². The molecule has 0 saturated carbocycles. The molecule has 0 heterocycles. The molecular formula is C15H24N2O3. The molecule has 1 aromatic carbocycles. The number of hydrogen-bond acceptors (Lipinski definition) is 4. The van der Waals surface area contributed by atoms with Crippen LogP contribution in [0.25, 0.3) is 0 Å². The normalized spacial score (nSPS) is 12.1. The summed E-state index contributed by atoms with van der Waals surface area (Å²) in [6.45, 7) is 7.22. The van der Waals surface area contributed by atoms with Crippen LogP contribution in [-0.4, -0.2) is 53.4 Å². The first-order chi connectivity index (χ1) is 9.53. The Morgan fingerprint density at radius 2 is 2.00 bits per heavy atom. The van der Waals surface area contributed by atoms with E-state index >= 15 is 0 Å². The number of benzene rings is 1.